The van der Waals surface area contributed by atoms with Crippen molar-refractivity contribution in [1.82, 2.24) is 14.9 Å². The number of carbonyl (C=O) groups excluding carboxylic acids is 1. The van der Waals surface area contributed by atoms with Crippen LogP contribution in [0.3, 0.4) is 0 Å². The highest BCUT2D eigenvalue weighted by atomic mass is 35.5. The molecule has 0 spiro atoms. The first-order valence-electron chi connectivity index (χ1n) is 14.5. The van der Waals surface area contributed by atoms with E-state index >= 15 is 0 Å². The van der Waals surface area contributed by atoms with Gasteiger partial charge in [0.15, 0.2) is 0 Å². The molecule has 43 heavy (non-hydrogen) atoms. The number of rotatable bonds is 7. The van der Waals surface area contributed by atoms with Crippen molar-refractivity contribution in [1.29, 1.82) is 0 Å². The molecule has 0 saturated carbocycles. The molecular formula is C34H39ClN6O2. The van der Waals surface area contributed by atoms with E-state index in [0.717, 1.165) is 53.1 Å². The second-order valence-electron chi connectivity index (χ2n) is 11.4. The standard InChI is InChI=1S/C34H39ClN6O2/c1-22-17-24(3)32(25(4)18-22)43-34(42)41(21-27-19-28(35)8-7-23(27)2)31-13-14-36-33(38-31)37-29-9-11-30(12-10-29)40-16-15-39(6)26(5)20-40/h7-14,17-19,26H,15-16,20-21H2,1-6H3,(H,36,37,38). The second-order valence-corrected chi connectivity index (χ2v) is 11.9. The Hall–Kier alpha value is -4.14. The number of amides is 1. The van der Waals surface area contributed by atoms with Gasteiger partial charge in [0.25, 0.3) is 0 Å². The summed E-state index contributed by atoms with van der Waals surface area (Å²) >= 11 is 6.33. The van der Waals surface area contributed by atoms with Gasteiger partial charge in [-0.05, 0) is 106 Å². The molecule has 5 rings (SSSR count). The third-order valence-corrected chi connectivity index (χ3v) is 8.25. The molecule has 2 heterocycles. The van der Waals surface area contributed by atoms with Crippen molar-refractivity contribution in [3.05, 3.63) is 99.7 Å². The maximum atomic E-state index is 13.8. The number of aryl methyl sites for hydroxylation is 4. The smallest absolute Gasteiger partial charge is 0.409 e. The number of nitrogens with zero attached hydrogens (tertiary/aromatic N) is 5. The Morgan fingerprint density at radius 2 is 1.72 bits per heavy atom. The van der Waals surface area contributed by atoms with Gasteiger partial charge in [0.2, 0.25) is 5.95 Å². The second kappa shape index (κ2) is 13.0. The van der Waals surface area contributed by atoms with Gasteiger partial charge in [0.1, 0.15) is 11.6 Å². The molecule has 1 aromatic heterocycles. The molecule has 1 aliphatic heterocycles. The molecule has 0 radical (unpaired) electrons. The zero-order chi connectivity index (χ0) is 30.7. The fraction of sp³-hybridized carbons (Fsp3) is 0.324. The van der Waals surface area contributed by atoms with Gasteiger partial charge in [-0.2, -0.15) is 4.98 Å². The summed E-state index contributed by atoms with van der Waals surface area (Å²) in [7, 11) is 2.17. The van der Waals surface area contributed by atoms with Gasteiger partial charge >= 0.3 is 6.09 Å². The summed E-state index contributed by atoms with van der Waals surface area (Å²) in [6.45, 7) is 13.4. The summed E-state index contributed by atoms with van der Waals surface area (Å²) in [5, 5.41) is 3.89. The maximum Gasteiger partial charge on any atom is 0.421 e. The van der Waals surface area contributed by atoms with E-state index in [1.54, 1.807) is 12.3 Å². The van der Waals surface area contributed by atoms with Crippen LogP contribution in [-0.2, 0) is 6.54 Å². The van der Waals surface area contributed by atoms with Gasteiger partial charge in [0, 0.05) is 48.3 Å². The van der Waals surface area contributed by atoms with Crippen molar-refractivity contribution in [2.45, 2.75) is 47.2 Å². The Kier molecular flexibility index (Phi) is 9.18. The Labute approximate surface area is 259 Å². The zero-order valence-corrected chi connectivity index (χ0v) is 26.4. The number of piperazine rings is 1. The minimum atomic E-state index is -0.537. The summed E-state index contributed by atoms with van der Waals surface area (Å²) in [6.07, 6.45) is 1.10. The van der Waals surface area contributed by atoms with Gasteiger partial charge in [-0.3, -0.25) is 4.90 Å². The Morgan fingerprint density at radius 3 is 2.42 bits per heavy atom. The lowest BCUT2D eigenvalue weighted by Crippen LogP contribution is -2.50. The molecule has 1 amide bonds. The van der Waals surface area contributed by atoms with E-state index in [-0.39, 0.29) is 6.54 Å². The molecular weight excluding hydrogens is 560 g/mol. The van der Waals surface area contributed by atoms with Crippen LogP contribution in [0, 0.1) is 27.7 Å². The number of likely N-dealkylation sites (N-methyl/N-ethyl adjacent to an activating group) is 1. The van der Waals surface area contributed by atoms with Crippen molar-refractivity contribution < 1.29 is 9.53 Å². The Morgan fingerprint density at radius 1 is 1.00 bits per heavy atom. The van der Waals surface area contributed by atoms with Crippen LogP contribution in [0.15, 0.2) is 66.9 Å². The number of aromatic nitrogens is 2. The van der Waals surface area contributed by atoms with Gasteiger partial charge in [-0.25, -0.2) is 9.78 Å². The van der Waals surface area contributed by atoms with Gasteiger partial charge < -0.3 is 19.9 Å². The number of halogens is 1. The van der Waals surface area contributed by atoms with E-state index in [9.17, 15) is 4.79 Å². The van der Waals surface area contributed by atoms with E-state index in [2.05, 4.69) is 46.2 Å². The lowest BCUT2D eigenvalue weighted by atomic mass is 10.1. The summed E-state index contributed by atoms with van der Waals surface area (Å²) < 4.78 is 6.00. The molecule has 8 nitrogen and oxygen atoms in total. The van der Waals surface area contributed by atoms with E-state index in [0.29, 0.717) is 28.6 Å². The summed E-state index contributed by atoms with van der Waals surface area (Å²) in [5.41, 5.74) is 6.84. The SMILES string of the molecule is Cc1cc(C)c(OC(=O)N(Cc2cc(Cl)ccc2C)c2ccnc(Nc3ccc(N4CCN(C)C(C)C4)cc3)n2)c(C)c1. The number of ether oxygens (including phenoxy) is 1. The number of hydrogen-bond donors (Lipinski definition) is 1. The van der Waals surface area contributed by atoms with Crippen LogP contribution in [0.2, 0.25) is 5.02 Å². The Balaban J connectivity index is 1.39. The quantitative estimate of drug-likeness (QED) is 0.237. The third kappa shape index (κ3) is 7.27. The van der Waals surface area contributed by atoms with Gasteiger partial charge in [-0.1, -0.05) is 35.4 Å². The van der Waals surface area contributed by atoms with Crippen LogP contribution in [0.5, 0.6) is 5.75 Å². The van der Waals surface area contributed by atoms with Crippen LogP contribution in [-0.4, -0.2) is 53.7 Å². The van der Waals surface area contributed by atoms with Crippen LogP contribution in [0.25, 0.3) is 0 Å². The largest absolute Gasteiger partial charge is 0.421 e. The number of nitrogens with one attached hydrogen (secondary N) is 1. The van der Waals surface area contributed by atoms with Gasteiger partial charge in [-0.15, -0.1) is 0 Å². The van der Waals surface area contributed by atoms with Crippen LogP contribution < -0.4 is 19.9 Å². The molecule has 224 valence electrons. The molecule has 3 aromatic carbocycles. The summed E-state index contributed by atoms with van der Waals surface area (Å²) in [6, 6.07) is 20.1. The summed E-state index contributed by atoms with van der Waals surface area (Å²) in [4.78, 5) is 29.2. The number of anilines is 4. The average Bonchev–Trinajstić information content (AvgIpc) is 2.97. The van der Waals surface area contributed by atoms with Crippen molar-refractivity contribution >= 4 is 40.8 Å². The molecule has 1 atom stereocenters. The van der Waals surface area contributed by atoms with Crippen LogP contribution in [0.1, 0.15) is 34.7 Å². The fourth-order valence-electron chi connectivity index (χ4n) is 5.42. The third-order valence-electron chi connectivity index (χ3n) is 8.02. The highest BCUT2D eigenvalue weighted by molar-refractivity contribution is 6.30. The van der Waals surface area contributed by atoms with Crippen molar-refractivity contribution in [2.75, 3.05) is 41.8 Å². The van der Waals surface area contributed by atoms with E-state index in [1.807, 2.05) is 70.2 Å². The lowest BCUT2D eigenvalue weighted by molar-refractivity contribution is 0.206. The van der Waals surface area contributed by atoms with E-state index in [4.69, 9.17) is 21.3 Å². The fourth-order valence-corrected chi connectivity index (χ4v) is 5.61. The normalized spacial score (nSPS) is 15.3. The van der Waals surface area contributed by atoms with Crippen LogP contribution in [0.4, 0.5) is 27.9 Å². The first-order chi connectivity index (χ1) is 20.6. The first-order valence-corrected chi connectivity index (χ1v) is 14.9. The maximum absolute atomic E-state index is 13.8. The molecule has 1 fully saturated rings. The topological polar surface area (TPSA) is 73.8 Å². The molecule has 1 saturated heterocycles. The van der Waals surface area contributed by atoms with Crippen molar-refractivity contribution in [2.24, 2.45) is 0 Å². The predicted molar refractivity (Wildman–Crippen MR) is 175 cm³/mol. The molecule has 0 bridgehead atoms. The highest BCUT2D eigenvalue weighted by Gasteiger charge is 2.24. The van der Waals surface area contributed by atoms with E-state index < -0.39 is 6.09 Å². The van der Waals surface area contributed by atoms with Crippen LogP contribution >= 0.6 is 11.6 Å². The van der Waals surface area contributed by atoms with Crippen molar-refractivity contribution in [3.8, 4) is 5.75 Å². The minimum absolute atomic E-state index is 0.226. The molecule has 4 aromatic rings. The highest BCUT2D eigenvalue weighted by Crippen LogP contribution is 2.28. The van der Waals surface area contributed by atoms with E-state index in [1.165, 1.54) is 10.6 Å². The Bertz CT molecular complexity index is 1590. The molecule has 1 N–H and O–H groups in total. The number of carbonyl (C=O) groups is 1. The molecule has 0 aliphatic carbocycles. The lowest BCUT2D eigenvalue weighted by Gasteiger charge is -2.39. The monoisotopic (exact) mass is 598 g/mol. The zero-order valence-electron chi connectivity index (χ0n) is 25.7. The average molecular weight is 599 g/mol. The van der Waals surface area contributed by atoms with Gasteiger partial charge in [0.05, 0.1) is 6.54 Å². The number of benzene rings is 3. The summed E-state index contributed by atoms with van der Waals surface area (Å²) in [5.74, 6) is 1.33. The molecule has 9 heteroatoms. The number of hydrogen-bond acceptors (Lipinski definition) is 7. The minimum Gasteiger partial charge on any atom is -0.409 e. The molecule has 1 aliphatic rings. The first kappa shape index (κ1) is 30.3. The van der Waals surface area contributed by atoms with Crippen molar-refractivity contribution in [3.63, 3.8) is 0 Å². The predicted octanol–water partition coefficient (Wildman–Crippen LogP) is 7.45. The molecule has 1 unspecified atom stereocenters.